The van der Waals surface area contributed by atoms with E-state index in [1.807, 2.05) is 7.05 Å². The molecule has 3 rings (SSSR count). The summed E-state index contributed by atoms with van der Waals surface area (Å²) in [4.78, 5) is 15.6. The summed E-state index contributed by atoms with van der Waals surface area (Å²) in [5.41, 5.74) is 0.361. The van der Waals surface area contributed by atoms with Crippen molar-refractivity contribution in [3.8, 4) is 0 Å². The van der Waals surface area contributed by atoms with Crippen molar-refractivity contribution in [2.24, 2.45) is 5.41 Å². The van der Waals surface area contributed by atoms with Crippen molar-refractivity contribution < 1.29 is 0 Å². The number of nitrogens with one attached hydrogen (secondary N) is 2. The quantitative estimate of drug-likeness (QED) is 0.861. The summed E-state index contributed by atoms with van der Waals surface area (Å²) in [6.07, 6.45) is 3.62. The Balaban J connectivity index is 1.80. The number of nitrogens with zero attached hydrogens (tertiary/aromatic N) is 4. The minimum absolute atomic E-state index is 0.361. The van der Waals surface area contributed by atoms with E-state index < -0.39 is 0 Å². The molecule has 0 spiro atoms. The Morgan fingerprint density at radius 2 is 1.74 bits per heavy atom. The Bertz CT molecular complexity index is 466. The van der Waals surface area contributed by atoms with Gasteiger partial charge in [0.25, 0.3) is 0 Å². The minimum atomic E-state index is 0.361. The van der Waals surface area contributed by atoms with Crippen LogP contribution < -0.4 is 15.5 Å². The molecule has 1 saturated heterocycles. The number of rotatable bonds is 4. The lowest BCUT2D eigenvalue weighted by atomic mass is 10.2. The monoisotopic (exact) mass is 262 g/mol. The second-order valence-corrected chi connectivity index (χ2v) is 6.12. The highest BCUT2D eigenvalue weighted by molar-refractivity contribution is 5.45. The van der Waals surface area contributed by atoms with Gasteiger partial charge in [-0.15, -0.1) is 0 Å². The van der Waals surface area contributed by atoms with Gasteiger partial charge in [0, 0.05) is 26.2 Å². The Morgan fingerprint density at radius 3 is 2.32 bits per heavy atom. The van der Waals surface area contributed by atoms with Crippen molar-refractivity contribution >= 4 is 17.8 Å². The molecule has 104 valence electrons. The summed E-state index contributed by atoms with van der Waals surface area (Å²) in [7, 11) is 1.84. The fourth-order valence-corrected chi connectivity index (χ4v) is 2.47. The second kappa shape index (κ2) is 4.51. The summed E-state index contributed by atoms with van der Waals surface area (Å²) < 4.78 is 0. The van der Waals surface area contributed by atoms with E-state index >= 15 is 0 Å². The Morgan fingerprint density at radius 1 is 1.11 bits per heavy atom. The van der Waals surface area contributed by atoms with E-state index in [4.69, 9.17) is 0 Å². The SMILES string of the molecule is CNc1nc(NC2CC2(C)C)nc(N2CCCC2)n1. The third-order valence-corrected chi connectivity index (χ3v) is 4.05. The lowest BCUT2D eigenvalue weighted by Crippen LogP contribution is -2.22. The fourth-order valence-electron chi connectivity index (χ4n) is 2.47. The van der Waals surface area contributed by atoms with Crippen LogP contribution in [0.3, 0.4) is 0 Å². The second-order valence-electron chi connectivity index (χ2n) is 6.12. The van der Waals surface area contributed by atoms with E-state index in [2.05, 4.69) is 44.3 Å². The van der Waals surface area contributed by atoms with Crippen LogP contribution in [0, 0.1) is 5.41 Å². The van der Waals surface area contributed by atoms with Crippen LogP contribution in [0.4, 0.5) is 17.8 Å². The average molecular weight is 262 g/mol. The van der Waals surface area contributed by atoms with Crippen molar-refractivity contribution in [3.05, 3.63) is 0 Å². The van der Waals surface area contributed by atoms with E-state index in [-0.39, 0.29) is 0 Å². The van der Waals surface area contributed by atoms with Gasteiger partial charge in [-0.3, -0.25) is 0 Å². The van der Waals surface area contributed by atoms with Crippen LogP contribution in [-0.4, -0.2) is 41.1 Å². The maximum Gasteiger partial charge on any atom is 0.231 e. The van der Waals surface area contributed by atoms with Crippen molar-refractivity contribution in [2.45, 2.75) is 39.2 Å². The molecule has 0 amide bonds. The van der Waals surface area contributed by atoms with Gasteiger partial charge < -0.3 is 15.5 Å². The zero-order valence-corrected chi connectivity index (χ0v) is 11.9. The van der Waals surface area contributed by atoms with Gasteiger partial charge in [0.2, 0.25) is 17.8 Å². The molecule has 1 unspecified atom stereocenters. The van der Waals surface area contributed by atoms with Crippen LogP contribution in [0.1, 0.15) is 33.1 Å². The van der Waals surface area contributed by atoms with Crippen LogP contribution in [0.15, 0.2) is 0 Å². The molecular formula is C13H22N6. The van der Waals surface area contributed by atoms with Crippen molar-refractivity contribution in [3.63, 3.8) is 0 Å². The molecule has 0 aromatic carbocycles. The predicted molar refractivity (Wildman–Crippen MR) is 76.6 cm³/mol. The highest BCUT2D eigenvalue weighted by Crippen LogP contribution is 2.46. The van der Waals surface area contributed by atoms with Gasteiger partial charge in [0.05, 0.1) is 0 Å². The Hall–Kier alpha value is -1.59. The van der Waals surface area contributed by atoms with Crippen molar-refractivity contribution in [2.75, 3.05) is 35.7 Å². The summed E-state index contributed by atoms with van der Waals surface area (Å²) in [6, 6.07) is 0.478. The number of anilines is 3. The molecule has 0 bridgehead atoms. The molecule has 1 atom stereocenters. The molecule has 0 radical (unpaired) electrons. The predicted octanol–water partition coefficient (Wildman–Crippen LogP) is 1.72. The standard InChI is InChI=1S/C13H22N6/c1-13(2)8-9(13)15-11-16-10(14-3)17-12(18-11)19-6-4-5-7-19/h9H,4-8H2,1-3H3,(H2,14,15,16,17,18). The largest absolute Gasteiger partial charge is 0.357 e. The number of hydrogen-bond donors (Lipinski definition) is 2. The van der Waals surface area contributed by atoms with Gasteiger partial charge in [0.1, 0.15) is 0 Å². The first-order chi connectivity index (χ1) is 9.08. The first-order valence-electron chi connectivity index (χ1n) is 7.04. The molecule has 19 heavy (non-hydrogen) atoms. The lowest BCUT2D eigenvalue weighted by molar-refractivity contribution is 0.628. The van der Waals surface area contributed by atoms with Crippen molar-refractivity contribution in [1.29, 1.82) is 0 Å². The van der Waals surface area contributed by atoms with Gasteiger partial charge in [-0.05, 0) is 24.7 Å². The van der Waals surface area contributed by atoms with Gasteiger partial charge in [-0.1, -0.05) is 13.8 Å². The van der Waals surface area contributed by atoms with E-state index in [9.17, 15) is 0 Å². The van der Waals surface area contributed by atoms with E-state index in [1.54, 1.807) is 0 Å². The molecule has 2 N–H and O–H groups in total. The molecule has 1 aliphatic heterocycles. The summed E-state index contributed by atoms with van der Waals surface area (Å²) in [5, 5.41) is 6.43. The first-order valence-corrected chi connectivity index (χ1v) is 7.04. The van der Waals surface area contributed by atoms with Crippen LogP contribution in [0.2, 0.25) is 0 Å². The topological polar surface area (TPSA) is 66.0 Å². The van der Waals surface area contributed by atoms with Crippen LogP contribution in [0.25, 0.3) is 0 Å². The summed E-state index contributed by atoms with van der Waals surface area (Å²) in [6.45, 7) is 6.60. The smallest absolute Gasteiger partial charge is 0.231 e. The van der Waals surface area contributed by atoms with E-state index in [0.29, 0.717) is 23.4 Å². The van der Waals surface area contributed by atoms with E-state index in [1.165, 1.54) is 19.3 Å². The molecule has 6 heteroatoms. The number of hydrogen-bond acceptors (Lipinski definition) is 6. The molecule has 1 aromatic rings. The first kappa shape index (κ1) is 12.4. The molecule has 2 fully saturated rings. The maximum absolute atomic E-state index is 4.56. The Kier molecular flexibility index (Phi) is 2.95. The average Bonchev–Trinajstić information content (AvgIpc) is 2.85. The zero-order valence-electron chi connectivity index (χ0n) is 11.9. The highest BCUT2D eigenvalue weighted by Gasteiger charge is 2.46. The van der Waals surface area contributed by atoms with Crippen LogP contribution in [-0.2, 0) is 0 Å². The summed E-state index contributed by atoms with van der Waals surface area (Å²) in [5.74, 6) is 2.12. The molecule has 2 aliphatic rings. The lowest BCUT2D eigenvalue weighted by Gasteiger charge is -2.17. The fraction of sp³-hybridized carbons (Fsp3) is 0.769. The summed E-state index contributed by atoms with van der Waals surface area (Å²) >= 11 is 0. The third kappa shape index (κ3) is 2.57. The normalized spacial score (nSPS) is 24.4. The third-order valence-electron chi connectivity index (χ3n) is 4.05. The highest BCUT2D eigenvalue weighted by atomic mass is 15.3. The molecule has 1 saturated carbocycles. The van der Waals surface area contributed by atoms with Crippen LogP contribution in [0.5, 0.6) is 0 Å². The van der Waals surface area contributed by atoms with Gasteiger partial charge in [-0.2, -0.15) is 15.0 Å². The van der Waals surface area contributed by atoms with Gasteiger partial charge >= 0.3 is 0 Å². The molecule has 6 nitrogen and oxygen atoms in total. The number of aromatic nitrogens is 3. The maximum atomic E-state index is 4.56. The zero-order chi connectivity index (χ0) is 13.5. The van der Waals surface area contributed by atoms with Gasteiger partial charge in [-0.25, -0.2) is 0 Å². The van der Waals surface area contributed by atoms with Crippen LogP contribution >= 0.6 is 0 Å². The molecule has 2 heterocycles. The van der Waals surface area contributed by atoms with Crippen molar-refractivity contribution in [1.82, 2.24) is 15.0 Å². The van der Waals surface area contributed by atoms with Gasteiger partial charge in [0.15, 0.2) is 0 Å². The molecule has 1 aliphatic carbocycles. The minimum Gasteiger partial charge on any atom is -0.357 e. The molecule has 1 aromatic heterocycles. The Labute approximate surface area is 114 Å². The van der Waals surface area contributed by atoms with E-state index in [0.717, 1.165) is 19.0 Å². The molecular weight excluding hydrogens is 240 g/mol.